The van der Waals surface area contributed by atoms with E-state index >= 15 is 0 Å². The van der Waals surface area contributed by atoms with Crippen molar-refractivity contribution in [3.63, 3.8) is 0 Å². The van der Waals surface area contributed by atoms with Gasteiger partial charge in [0.05, 0.1) is 23.7 Å². The van der Waals surface area contributed by atoms with Gasteiger partial charge in [0.25, 0.3) is 0 Å². The molecule has 1 amide bonds. The molecule has 0 aliphatic heterocycles. The number of benzene rings is 1. The van der Waals surface area contributed by atoms with Crippen molar-refractivity contribution in [2.75, 3.05) is 0 Å². The number of fused-ring (bicyclic) bond motifs is 1. The highest BCUT2D eigenvalue weighted by atomic mass is 35.5. The van der Waals surface area contributed by atoms with Crippen molar-refractivity contribution >= 4 is 28.3 Å². The number of halogens is 4. The van der Waals surface area contributed by atoms with E-state index < -0.39 is 16.9 Å². The van der Waals surface area contributed by atoms with Crippen LogP contribution in [-0.2, 0) is 31.0 Å². The van der Waals surface area contributed by atoms with Crippen molar-refractivity contribution in [2.45, 2.75) is 19.1 Å². The predicted molar refractivity (Wildman–Crippen MR) is 90.5 cm³/mol. The van der Waals surface area contributed by atoms with E-state index in [4.69, 9.17) is 11.6 Å². The van der Waals surface area contributed by atoms with Crippen LogP contribution in [0.1, 0.15) is 17.0 Å². The number of carbonyl (C=O) groups is 1. The lowest BCUT2D eigenvalue weighted by atomic mass is 10.0. The van der Waals surface area contributed by atoms with Crippen LogP contribution >= 0.6 is 11.6 Å². The highest BCUT2D eigenvalue weighted by molar-refractivity contribution is 6.32. The van der Waals surface area contributed by atoms with E-state index in [1.54, 1.807) is 12.4 Å². The monoisotopic (exact) mass is 382 g/mol. The molecular weight excluding hydrogens is 369 g/mol. The van der Waals surface area contributed by atoms with Crippen LogP contribution in [0.3, 0.4) is 0 Å². The summed E-state index contributed by atoms with van der Waals surface area (Å²) in [5.41, 5.74) is -0.293. The zero-order valence-corrected chi connectivity index (χ0v) is 14.4. The van der Waals surface area contributed by atoms with Gasteiger partial charge in [-0.05, 0) is 17.0 Å². The molecule has 5 nitrogen and oxygen atoms in total. The van der Waals surface area contributed by atoms with E-state index in [9.17, 15) is 18.0 Å². The molecule has 2 aromatic heterocycles. The second-order valence-electron chi connectivity index (χ2n) is 5.70. The Bertz CT molecular complexity index is 963. The minimum absolute atomic E-state index is 0.0740. The van der Waals surface area contributed by atoms with Crippen molar-refractivity contribution in [1.82, 2.24) is 20.1 Å². The van der Waals surface area contributed by atoms with Crippen LogP contribution in [0, 0.1) is 0 Å². The van der Waals surface area contributed by atoms with Crippen molar-refractivity contribution in [2.24, 2.45) is 7.05 Å². The zero-order valence-electron chi connectivity index (χ0n) is 13.6. The van der Waals surface area contributed by atoms with Crippen LogP contribution in [0.15, 0.2) is 36.7 Å². The Balaban J connectivity index is 1.73. The van der Waals surface area contributed by atoms with Gasteiger partial charge < -0.3 is 5.32 Å². The maximum absolute atomic E-state index is 12.8. The van der Waals surface area contributed by atoms with Crippen molar-refractivity contribution in [1.29, 1.82) is 0 Å². The van der Waals surface area contributed by atoms with Gasteiger partial charge in [0.15, 0.2) is 5.69 Å². The molecule has 0 unspecified atom stereocenters. The van der Waals surface area contributed by atoms with E-state index in [-0.39, 0.29) is 24.6 Å². The molecule has 0 spiro atoms. The first kappa shape index (κ1) is 18.2. The Morgan fingerprint density at radius 1 is 1.31 bits per heavy atom. The average molecular weight is 383 g/mol. The minimum Gasteiger partial charge on any atom is -0.350 e. The molecule has 0 aliphatic rings. The van der Waals surface area contributed by atoms with Gasteiger partial charge in [-0.1, -0.05) is 29.8 Å². The molecule has 9 heteroatoms. The topological polar surface area (TPSA) is 59.8 Å². The van der Waals surface area contributed by atoms with E-state index in [0.717, 1.165) is 21.0 Å². The molecule has 1 aromatic carbocycles. The number of aromatic nitrogens is 3. The third-order valence-electron chi connectivity index (χ3n) is 3.95. The Labute approximate surface area is 151 Å². The molecule has 0 bridgehead atoms. The molecule has 0 radical (unpaired) electrons. The molecule has 3 rings (SSSR count). The first-order chi connectivity index (χ1) is 12.3. The summed E-state index contributed by atoms with van der Waals surface area (Å²) in [6, 6.07) is 7.39. The summed E-state index contributed by atoms with van der Waals surface area (Å²) < 4.78 is 39.5. The number of nitrogens with zero attached hydrogens (tertiary/aromatic N) is 3. The summed E-state index contributed by atoms with van der Waals surface area (Å²) in [7, 11) is 1.35. The maximum atomic E-state index is 12.8. The highest BCUT2D eigenvalue weighted by Crippen LogP contribution is 2.35. The lowest BCUT2D eigenvalue weighted by molar-refractivity contribution is -0.141. The fraction of sp³-hybridized carbons (Fsp3) is 0.235. The number of nitrogens with one attached hydrogen (secondary N) is 1. The molecule has 26 heavy (non-hydrogen) atoms. The lowest BCUT2D eigenvalue weighted by Crippen LogP contribution is -2.25. The van der Waals surface area contributed by atoms with E-state index in [0.29, 0.717) is 0 Å². The molecule has 3 aromatic rings. The quantitative estimate of drug-likeness (QED) is 0.751. The Kier molecular flexibility index (Phi) is 4.86. The van der Waals surface area contributed by atoms with Crippen LogP contribution in [0.25, 0.3) is 10.8 Å². The van der Waals surface area contributed by atoms with E-state index in [1.165, 1.54) is 7.05 Å². The number of amides is 1. The first-order valence-corrected chi connectivity index (χ1v) is 8.02. The van der Waals surface area contributed by atoms with Crippen LogP contribution in [0.4, 0.5) is 13.2 Å². The van der Waals surface area contributed by atoms with Crippen LogP contribution < -0.4 is 5.32 Å². The molecule has 2 heterocycles. The molecule has 1 N–H and O–H groups in total. The second-order valence-corrected chi connectivity index (χ2v) is 6.08. The summed E-state index contributed by atoms with van der Waals surface area (Å²) in [5.74, 6) is -0.341. The second kappa shape index (κ2) is 6.95. The summed E-state index contributed by atoms with van der Waals surface area (Å²) in [6.45, 7) is -0.153. The third kappa shape index (κ3) is 3.65. The highest BCUT2D eigenvalue weighted by Gasteiger charge is 2.38. The van der Waals surface area contributed by atoms with Gasteiger partial charge in [-0.2, -0.15) is 18.3 Å². The SMILES string of the molecule is Cn1nc(C(F)(F)F)c(Cl)c1CNC(=O)Cc1cccc2ccncc12. The Morgan fingerprint density at radius 2 is 2.08 bits per heavy atom. The standard InChI is InChI=1S/C17H14ClF3N4O/c1-25-13(15(18)16(24-25)17(19,20)21)9-23-14(26)7-11-4-2-3-10-5-6-22-8-12(10)11/h2-6,8H,7,9H2,1H3,(H,23,26). The van der Waals surface area contributed by atoms with Gasteiger partial charge >= 0.3 is 6.18 Å². The summed E-state index contributed by atoms with van der Waals surface area (Å²) >= 11 is 5.77. The van der Waals surface area contributed by atoms with Gasteiger partial charge in [-0.15, -0.1) is 0 Å². The average Bonchev–Trinajstić information content (AvgIpc) is 2.88. The number of hydrogen-bond donors (Lipinski definition) is 1. The zero-order chi connectivity index (χ0) is 18.9. The van der Waals surface area contributed by atoms with Crippen molar-refractivity contribution in [3.8, 4) is 0 Å². The van der Waals surface area contributed by atoms with E-state index in [2.05, 4.69) is 15.4 Å². The van der Waals surface area contributed by atoms with Gasteiger partial charge in [-0.3, -0.25) is 14.5 Å². The van der Waals surface area contributed by atoms with Gasteiger partial charge in [0, 0.05) is 24.8 Å². The maximum Gasteiger partial charge on any atom is 0.436 e. The van der Waals surface area contributed by atoms with Crippen molar-refractivity contribution < 1.29 is 18.0 Å². The molecule has 136 valence electrons. The lowest BCUT2D eigenvalue weighted by Gasteiger charge is -2.08. The fourth-order valence-electron chi connectivity index (χ4n) is 2.65. The van der Waals surface area contributed by atoms with Gasteiger partial charge in [0.2, 0.25) is 5.91 Å². The number of rotatable bonds is 4. The molecule has 0 saturated heterocycles. The van der Waals surface area contributed by atoms with Crippen LogP contribution in [0.5, 0.6) is 0 Å². The van der Waals surface area contributed by atoms with Crippen molar-refractivity contribution in [3.05, 3.63) is 58.6 Å². The molecule has 0 aliphatic carbocycles. The number of aryl methyl sites for hydroxylation is 1. The van der Waals surface area contributed by atoms with Gasteiger partial charge in [0.1, 0.15) is 0 Å². The van der Waals surface area contributed by atoms with Crippen LogP contribution in [0.2, 0.25) is 5.02 Å². The van der Waals surface area contributed by atoms with Crippen LogP contribution in [-0.4, -0.2) is 20.7 Å². The Morgan fingerprint density at radius 3 is 2.77 bits per heavy atom. The third-order valence-corrected chi connectivity index (χ3v) is 4.35. The minimum atomic E-state index is -4.65. The number of pyridine rings is 1. The first-order valence-electron chi connectivity index (χ1n) is 7.64. The number of carbonyl (C=O) groups excluding carboxylic acids is 1. The molecule has 0 saturated carbocycles. The fourth-order valence-corrected chi connectivity index (χ4v) is 2.99. The normalized spacial score (nSPS) is 11.7. The van der Waals surface area contributed by atoms with Gasteiger partial charge in [-0.25, -0.2) is 0 Å². The summed E-state index contributed by atoms with van der Waals surface area (Å²) in [6.07, 6.45) is -1.24. The number of alkyl halides is 3. The predicted octanol–water partition coefficient (Wildman–Crippen LogP) is 3.50. The Hall–Kier alpha value is -2.61. The van der Waals surface area contributed by atoms with E-state index in [1.807, 2.05) is 24.3 Å². The largest absolute Gasteiger partial charge is 0.436 e. The molecule has 0 fully saturated rings. The number of hydrogen-bond acceptors (Lipinski definition) is 3. The summed E-state index contributed by atoms with van der Waals surface area (Å²) in [4.78, 5) is 16.3. The molecular formula is C17H14ClF3N4O. The molecule has 0 atom stereocenters. The summed E-state index contributed by atoms with van der Waals surface area (Å²) in [5, 5.41) is 7.27. The smallest absolute Gasteiger partial charge is 0.350 e.